The summed E-state index contributed by atoms with van der Waals surface area (Å²) >= 11 is 0. The number of nitrogens with zero attached hydrogens (tertiary/aromatic N) is 7. The van der Waals surface area contributed by atoms with Gasteiger partial charge in [0.1, 0.15) is 0 Å². The zero-order valence-electron chi connectivity index (χ0n) is 31.7. The van der Waals surface area contributed by atoms with Crippen LogP contribution in [0.5, 0.6) is 0 Å². The van der Waals surface area contributed by atoms with E-state index < -0.39 is 0 Å². The highest BCUT2D eigenvalue weighted by Gasteiger charge is 2.15. The maximum Gasteiger partial charge on any atom is 0.161 e. The van der Waals surface area contributed by atoms with Crippen molar-refractivity contribution in [3.8, 4) is 22.5 Å². The summed E-state index contributed by atoms with van der Waals surface area (Å²) in [5, 5.41) is 4.25. The van der Waals surface area contributed by atoms with Gasteiger partial charge in [0, 0.05) is 51.8 Å². The Kier molecular flexibility index (Phi) is 9.99. The second-order valence-corrected chi connectivity index (χ2v) is 14.0. The quantitative estimate of drug-likeness (QED) is 0.0881. The van der Waals surface area contributed by atoms with Crippen LogP contribution < -0.4 is 0 Å². The third-order valence-corrected chi connectivity index (χ3v) is 10.2. The first-order valence-electron chi connectivity index (χ1n) is 19.1. The molecular formula is C51H37N7. The van der Waals surface area contributed by atoms with Crippen molar-refractivity contribution in [3.05, 3.63) is 204 Å². The average molecular weight is 748 g/mol. The first kappa shape index (κ1) is 35.9. The minimum Gasteiger partial charge on any atom is -0.273 e. The molecule has 0 unspecified atom stereocenters. The molecule has 0 radical (unpaired) electrons. The van der Waals surface area contributed by atoms with Gasteiger partial charge in [-0.05, 0) is 77.3 Å². The summed E-state index contributed by atoms with van der Waals surface area (Å²) in [5.74, 6) is 1.03. The number of aliphatic imine (C=N–C) groups is 4. The van der Waals surface area contributed by atoms with Gasteiger partial charge in [-0.25, -0.2) is 15.0 Å². The molecule has 3 heterocycles. The second kappa shape index (κ2) is 16.1. The van der Waals surface area contributed by atoms with Crippen molar-refractivity contribution in [1.82, 2.24) is 15.0 Å². The molecule has 9 rings (SSSR count). The highest BCUT2D eigenvalue weighted by Crippen LogP contribution is 2.29. The van der Waals surface area contributed by atoms with E-state index >= 15 is 0 Å². The molecule has 0 saturated heterocycles. The van der Waals surface area contributed by atoms with Crippen LogP contribution in [0.1, 0.15) is 27.9 Å². The molecule has 58 heavy (non-hydrogen) atoms. The highest BCUT2D eigenvalue weighted by atomic mass is 15.0. The first-order valence-corrected chi connectivity index (χ1v) is 19.1. The van der Waals surface area contributed by atoms with E-state index in [4.69, 9.17) is 20.0 Å². The Labute approximate surface area is 336 Å². The molecule has 7 heteroatoms. The third-order valence-electron chi connectivity index (χ3n) is 10.2. The van der Waals surface area contributed by atoms with Crippen molar-refractivity contribution >= 4 is 63.8 Å². The van der Waals surface area contributed by atoms with Crippen LogP contribution in [0.15, 0.2) is 196 Å². The lowest BCUT2D eigenvalue weighted by Gasteiger charge is -2.14. The fraction of sp³-hybridized carbons (Fsp3) is 0.0392. The Bertz CT molecular complexity index is 3050. The van der Waals surface area contributed by atoms with Gasteiger partial charge in [0.15, 0.2) is 11.7 Å². The van der Waals surface area contributed by atoms with Gasteiger partial charge in [0.05, 0.1) is 34.7 Å². The molecule has 0 bridgehead atoms. The Balaban J connectivity index is 1.10. The molecule has 8 aromatic rings. The number of hydrogen-bond acceptors (Lipinski definition) is 5. The van der Waals surface area contributed by atoms with Crippen LogP contribution in [-0.2, 0) is 13.0 Å². The normalized spacial score (nSPS) is 13.8. The second-order valence-electron chi connectivity index (χ2n) is 14.0. The molecule has 276 valence electrons. The summed E-state index contributed by atoms with van der Waals surface area (Å²) in [4.78, 5) is 33.5. The lowest BCUT2D eigenvalue weighted by atomic mass is 9.96. The summed E-state index contributed by atoms with van der Waals surface area (Å²) in [7, 11) is 0. The maximum absolute atomic E-state index is 5.19. The van der Waals surface area contributed by atoms with Gasteiger partial charge in [-0.1, -0.05) is 127 Å². The predicted octanol–water partition coefficient (Wildman–Crippen LogP) is 11.5. The van der Waals surface area contributed by atoms with Crippen molar-refractivity contribution in [2.24, 2.45) is 20.0 Å². The average Bonchev–Trinajstić information content (AvgIpc) is 3.29. The van der Waals surface area contributed by atoms with Gasteiger partial charge in [0.2, 0.25) is 0 Å². The standard InChI is InChI=1S/C51H37N7/c1-52-28-8-11-34-20-21-37-24-26-45(56-47(37)31-34)41-15-6-16-42(32-41)50(58-51(53-2)44-19-7-13-36-12-3-4-18-43(36)44)55-33-35-10-5-14-40(30-35)46-27-25-39-23-22-38-17-9-29-54-48(38)49(39)57-46/h3-30,32H,1-2,31,33H2/b28-8-,34-11-,55-50-,58-51-. The zero-order valence-corrected chi connectivity index (χ0v) is 31.7. The smallest absolute Gasteiger partial charge is 0.161 e. The van der Waals surface area contributed by atoms with Gasteiger partial charge in [-0.3, -0.25) is 20.0 Å². The van der Waals surface area contributed by atoms with Crippen molar-refractivity contribution in [3.63, 3.8) is 0 Å². The van der Waals surface area contributed by atoms with Crippen molar-refractivity contribution in [2.45, 2.75) is 13.0 Å². The minimum atomic E-state index is 0.378. The Morgan fingerprint density at radius 3 is 2.31 bits per heavy atom. The molecule has 5 aromatic carbocycles. The van der Waals surface area contributed by atoms with E-state index in [2.05, 4.69) is 132 Å². The number of allylic oxidation sites excluding steroid dienone is 4. The number of amidine groups is 2. The van der Waals surface area contributed by atoms with E-state index in [0.717, 1.165) is 95.0 Å². The van der Waals surface area contributed by atoms with Gasteiger partial charge in [-0.15, -0.1) is 0 Å². The fourth-order valence-corrected chi connectivity index (χ4v) is 7.35. The van der Waals surface area contributed by atoms with E-state index in [1.807, 2.05) is 66.9 Å². The molecule has 1 aliphatic rings. The summed E-state index contributed by atoms with van der Waals surface area (Å²) < 4.78 is 0. The molecule has 3 aromatic heterocycles. The summed E-state index contributed by atoms with van der Waals surface area (Å²) in [6.07, 6.45) is 12.4. The number of hydrogen-bond donors (Lipinski definition) is 0. The third kappa shape index (κ3) is 7.44. The highest BCUT2D eigenvalue weighted by molar-refractivity contribution is 6.17. The fourth-order valence-electron chi connectivity index (χ4n) is 7.35. The van der Waals surface area contributed by atoms with Crippen LogP contribution >= 0.6 is 0 Å². The molecular weight excluding hydrogens is 711 g/mol. The largest absolute Gasteiger partial charge is 0.273 e. The van der Waals surface area contributed by atoms with Crippen LogP contribution in [0.4, 0.5) is 0 Å². The molecule has 0 spiro atoms. The van der Waals surface area contributed by atoms with Crippen molar-refractivity contribution in [2.75, 3.05) is 0 Å². The van der Waals surface area contributed by atoms with Crippen LogP contribution in [0, 0.1) is 0 Å². The number of aromatic nitrogens is 3. The van der Waals surface area contributed by atoms with Crippen LogP contribution in [0.25, 0.3) is 61.2 Å². The molecule has 0 aliphatic heterocycles. The van der Waals surface area contributed by atoms with E-state index in [0.29, 0.717) is 18.2 Å². The number of pyridine rings is 3. The number of rotatable bonds is 8. The van der Waals surface area contributed by atoms with Gasteiger partial charge < -0.3 is 0 Å². The molecule has 0 fully saturated rings. The minimum absolute atomic E-state index is 0.378. The van der Waals surface area contributed by atoms with E-state index in [9.17, 15) is 0 Å². The van der Waals surface area contributed by atoms with E-state index in [1.165, 1.54) is 0 Å². The molecule has 0 atom stereocenters. The Hall–Kier alpha value is -7.77. The van der Waals surface area contributed by atoms with Crippen LogP contribution in [0.3, 0.4) is 0 Å². The monoisotopic (exact) mass is 747 g/mol. The Morgan fingerprint density at radius 2 is 1.41 bits per heavy atom. The number of benzene rings is 5. The molecule has 1 aliphatic carbocycles. The molecule has 0 amide bonds. The number of fused-ring (bicyclic) bond motifs is 5. The maximum atomic E-state index is 5.19. The summed E-state index contributed by atoms with van der Waals surface area (Å²) in [5.41, 5.74) is 11.5. The zero-order chi connectivity index (χ0) is 39.3. The Morgan fingerprint density at radius 1 is 0.655 bits per heavy atom. The van der Waals surface area contributed by atoms with Gasteiger partial charge >= 0.3 is 0 Å². The van der Waals surface area contributed by atoms with Crippen molar-refractivity contribution in [1.29, 1.82) is 0 Å². The lowest BCUT2D eigenvalue weighted by molar-refractivity contribution is 1.06. The van der Waals surface area contributed by atoms with Crippen LogP contribution in [-0.4, -0.2) is 40.1 Å². The van der Waals surface area contributed by atoms with E-state index in [-0.39, 0.29) is 0 Å². The molecule has 0 saturated carbocycles. The topological polar surface area (TPSA) is 88.1 Å². The first-order chi connectivity index (χ1) is 28.6. The predicted molar refractivity (Wildman–Crippen MR) is 242 cm³/mol. The SMILES string of the molecule is C=N/C=C\C=C1\C=Cc2ccc(-c3cccc(C(=N/Cc4cccc(-c5ccc6ccc7cccnc7c6n5)c4)/N=C(\N=C)c4cccc5ccccc45)c3)nc2C1. The summed E-state index contributed by atoms with van der Waals surface area (Å²) in [6, 6.07) is 47.5. The van der Waals surface area contributed by atoms with E-state index in [1.54, 1.807) is 6.20 Å². The van der Waals surface area contributed by atoms with Crippen molar-refractivity contribution < 1.29 is 0 Å². The lowest BCUT2D eigenvalue weighted by Crippen LogP contribution is -2.07. The molecule has 0 N–H and O–H groups in total. The summed E-state index contributed by atoms with van der Waals surface area (Å²) in [6.45, 7) is 7.85. The van der Waals surface area contributed by atoms with Crippen LogP contribution in [0.2, 0.25) is 0 Å². The van der Waals surface area contributed by atoms with Gasteiger partial charge in [-0.2, -0.15) is 0 Å². The molecule has 7 nitrogen and oxygen atoms in total. The van der Waals surface area contributed by atoms with Gasteiger partial charge in [0.25, 0.3) is 0 Å².